The molecule has 0 heterocycles. The number of aliphatic hydroxyl groups is 1. The predicted octanol–water partition coefficient (Wildman–Crippen LogP) is -0.315. The minimum Gasteiger partial charge on any atom is -0.387 e. The Bertz CT molecular complexity index is 177. The topological polar surface area (TPSA) is 66.4 Å². The summed E-state index contributed by atoms with van der Waals surface area (Å²) >= 11 is 0. The summed E-state index contributed by atoms with van der Waals surface area (Å²) in [7, 11) is 7.67. The van der Waals surface area contributed by atoms with Crippen LogP contribution in [0.3, 0.4) is 0 Å². The van der Waals surface area contributed by atoms with E-state index in [1.807, 2.05) is 0 Å². The summed E-state index contributed by atoms with van der Waals surface area (Å²) in [6.07, 6.45) is -2.24. The zero-order valence-electron chi connectivity index (χ0n) is 11.2. The molecule has 6 heteroatoms. The highest BCUT2D eigenvalue weighted by Crippen LogP contribution is 2.13. The van der Waals surface area contributed by atoms with Crippen molar-refractivity contribution in [3.05, 3.63) is 0 Å². The summed E-state index contributed by atoms with van der Waals surface area (Å²) in [6.45, 7) is 0.608. The summed E-state index contributed by atoms with van der Waals surface area (Å²) in [5.41, 5.74) is 0. The molecule has 0 amide bonds. The van der Waals surface area contributed by atoms with Crippen LogP contribution in [-0.4, -0.2) is 78.3 Å². The van der Waals surface area contributed by atoms with Gasteiger partial charge in [-0.3, -0.25) is 0 Å². The fraction of sp³-hybridized carbons (Fsp3) is 1.00. The lowest BCUT2D eigenvalue weighted by molar-refractivity contribution is -0.156. The third-order valence-electron chi connectivity index (χ3n) is 2.62. The number of hydrogen-bond donors (Lipinski definition) is 1. The monoisotopic (exact) mass is 252 g/mol. The van der Waals surface area contributed by atoms with Crippen molar-refractivity contribution in [3.8, 4) is 0 Å². The van der Waals surface area contributed by atoms with Crippen LogP contribution < -0.4 is 0 Å². The minimum atomic E-state index is -0.856. The van der Waals surface area contributed by atoms with Gasteiger partial charge in [0.15, 0.2) is 0 Å². The fourth-order valence-corrected chi connectivity index (χ4v) is 1.65. The largest absolute Gasteiger partial charge is 0.387 e. The third kappa shape index (κ3) is 5.29. The van der Waals surface area contributed by atoms with Crippen LogP contribution in [0.5, 0.6) is 0 Å². The Hall–Kier alpha value is -0.240. The van der Waals surface area contributed by atoms with Gasteiger partial charge in [0, 0.05) is 35.5 Å². The molecule has 0 aliphatic rings. The zero-order chi connectivity index (χ0) is 13.3. The van der Waals surface area contributed by atoms with Gasteiger partial charge in [-0.05, 0) is 0 Å². The first kappa shape index (κ1) is 16.8. The molecule has 4 atom stereocenters. The maximum atomic E-state index is 10.2. The molecule has 17 heavy (non-hydrogen) atoms. The summed E-state index contributed by atoms with van der Waals surface area (Å²) in [5, 5.41) is 10.2. The van der Waals surface area contributed by atoms with Crippen LogP contribution in [0.1, 0.15) is 0 Å². The molecule has 0 aliphatic carbocycles. The van der Waals surface area contributed by atoms with Crippen LogP contribution in [-0.2, 0) is 23.7 Å². The molecule has 0 bridgehead atoms. The molecule has 0 aromatic rings. The van der Waals surface area contributed by atoms with Crippen LogP contribution in [0.2, 0.25) is 0 Å². The maximum absolute atomic E-state index is 10.2. The lowest BCUT2D eigenvalue weighted by Crippen LogP contribution is -2.49. The molecule has 1 N–H and O–H groups in total. The molecule has 0 aromatic heterocycles. The molecule has 0 aliphatic heterocycles. The Morgan fingerprint density at radius 2 is 1.24 bits per heavy atom. The summed E-state index contributed by atoms with van der Waals surface area (Å²) in [6, 6.07) is 0. The Balaban J connectivity index is 4.58. The van der Waals surface area contributed by atoms with Gasteiger partial charge in [0.1, 0.15) is 24.4 Å². The van der Waals surface area contributed by atoms with Crippen LogP contribution in [0.15, 0.2) is 0 Å². The molecule has 0 saturated heterocycles. The van der Waals surface area contributed by atoms with Crippen molar-refractivity contribution in [1.82, 2.24) is 0 Å². The highest BCUT2D eigenvalue weighted by Gasteiger charge is 2.34. The number of aliphatic hydroxyl groups excluding tert-OH is 1. The lowest BCUT2D eigenvalue weighted by atomic mass is 10.0. The Morgan fingerprint density at radius 1 is 0.765 bits per heavy atom. The van der Waals surface area contributed by atoms with E-state index in [1.165, 1.54) is 14.2 Å². The number of hydrogen-bond acceptors (Lipinski definition) is 6. The summed E-state index contributed by atoms with van der Waals surface area (Å²) < 4.78 is 25.6. The number of rotatable bonds is 10. The van der Waals surface area contributed by atoms with E-state index in [9.17, 15) is 5.11 Å². The van der Waals surface area contributed by atoms with E-state index in [-0.39, 0.29) is 12.7 Å². The molecule has 0 aromatic carbocycles. The fourth-order valence-electron chi connectivity index (χ4n) is 1.65. The Labute approximate surface area is 103 Å². The van der Waals surface area contributed by atoms with Gasteiger partial charge >= 0.3 is 0 Å². The maximum Gasteiger partial charge on any atom is 0.114 e. The van der Waals surface area contributed by atoms with E-state index in [1.54, 1.807) is 21.3 Å². The minimum absolute atomic E-state index is 0.279. The van der Waals surface area contributed by atoms with Gasteiger partial charge in [-0.15, -0.1) is 0 Å². The van der Waals surface area contributed by atoms with Gasteiger partial charge in [-0.2, -0.15) is 0 Å². The van der Waals surface area contributed by atoms with Crippen LogP contribution in [0.4, 0.5) is 0 Å². The Morgan fingerprint density at radius 3 is 1.59 bits per heavy atom. The molecule has 104 valence electrons. The van der Waals surface area contributed by atoms with Crippen molar-refractivity contribution in [2.24, 2.45) is 0 Å². The van der Waals surface area contributed by atoms with Crippen molar-refractivity contribution in [1.29, 1.82) is 0 Å². The summed E-state index contributed by atoms with van der Waals surface area (Å²) in [5.74, 6) is 0. The SMILES string of the molecule is COCC(OC)C(O)C(OC)C(COC)OC. The second kappa shape index (κ2) is 9.76. The van der Waals surface area contributed by atoms with Crippen molar-refractivity contribution in [3.63, 3.8) is 0 Å². The molecule has 0 spiro atoms. The quantitative estimate of drug-likeness (QED) is 0.575. The van der Waals surface area contributed by atoms with Crippen LogP contribution in [0, 0.1) is 0 Å². The van der Waals surface area contributed by atoms with E-state index < -0.39 is 18.3 Å². The van der Waals surface area contributed by atoms with Gasteiger partial charge < -0.3 is 28.8 Å². The highest BCUT2D eigenvalue weighted by molar-refractivity contribution is 4.83. The van der Waals surface area contributed by atoms with Crippen LogP contribution >= 0.6 is 0 Å². The molecule has 0 fully saturated rings. The zero-order valence-corrected chi connectivity index (χ0v) is 11.2. The van der Waals surface area contributed by atoms with Crippen molar-refractivity contribution >= 4 is 0 Å². The smallest absolute Gasteiger partial charge is 0.114 e. The molecule has 0 radical (unpaired) electrons. The van der Waals surface area contributed by atoms with Gasteiger partial charge in [0.2, 0.25) is 0 Å². The highest BCUT2D eigenvalue weighted by atomic mass is 16.6. The van der Waals surface area contributed by atoms with E-state index in [0.29, 0.717) is 6.61 Å². The summed E-state index contributed by atoms with van der Waals surface area (Å²) in [4.78, 5) is 0. The van der Waals surface area contributed by atoms with Crippen molar-refractivity contribution in [2.45, 2.75) is 24.4 Å². The molecule has 0 saturated carbocycles. The molecule has 4 unspecified atom stereocenters. The average molecular weight is 252 g/mol. The third-order valence-corrected chi connectivity index (χ3v) is 2.62. The Kier molecular flexibility index (Phi) is 9.62. The lowest BCUT2D eigenvalue weighted by Gasteiger charge is -2.32. The first-order valence-electron chi connectivity index (χ1n) is 5.40. The number of methoxy groups -OCH3 is 5. The second-order valence-electron chi connectivity index (χ2n) is 3.65. The first-order valence-corrected chi connectivity index (χ1v) is 5.40. The molecule has 6 nitrogen and oxygen atoms in total. The van der Waals surface area contributed by atoms with E-state index in [4.69, 9.17) is 23.7 Å². The molecular weight excluding hydrogens is 228 g/mol. The standard InChI is InChI=1S/C11H24O6/c1-13-6-8(15-3)10(12)11(17-5)9(16-4)7-14-2/h8-12H,6-7H2,1-5H3. The van der Waals surface area contributed by atoms with E-state index in [2.05, 4.69) is 0 Å². The first-order chi connectivity index (χ1) is 8.15. The van der Waals surface area contributed by atoms with E-state index in [0.717, 1.165) is 0 Å². The number of ether oxygens (including phenoxy) is 5. The average Bonchev–Trinajstić information content (AvgIpc) is 2.35. The van der Waals surface area contributed by atoms with Crippen molar-refractivity contribution < 1.29 is 28.8 Å². The van der Waals surface area contributed by atoms with Gasteiger partial charge in [-0.25, -0.2) is 0 Å². The molecule has 0 rings (SSSR count). The van der Waals surface area contributed by atoms with Gasteiger partial charge in [-0.1, -0.05) is 0 Å². The van der Waals surface area contributed by atoms with E-state index >= 15 is 0 Å². The second-order valence-corrected chi connectivity index (χ2v) is 3.65. The van der Waals surface area contributed by atoms with Gasteiger partial charge in [0.25, 0.3) is 0 Å². The normalized spacial score (nSPS) is 18.7. The molecular formula is C11H24O6. The van der Waals surface area contributed by atoms with Crippen molar-refractivity contribution in [2.75, 3.05) is 48.8 Å². The predicted molar refractivity (Wildman–Crippen MR) is 62.1 cm³/mol. The van der Waals surface area contributed by atoms with Gasteiger partial charge in [0.05, 0.1) is 13.2 Å². The van der Waals surface area contributed by atoms with Crippen LogP contribution in [0.25, 0.3) is 0 Å².